The molecule has 3 unspecified atom stereocenters. The Hall–Kier alpha value is 0.620. The Kier molecular flexibility index (Phi) is 3.14. The van der Waals surface area contributed by atoms with Crippen LogP contribution in [0.25, 0.3) is 0 Å². The van der Waals surface area contributed by atoms with E-state index in [0.717, 1.165) is 12.8 Å². The number of hydrogen-bond donors (Lipinski definition) is 4. The van der Waals surface area contributed by atoms with Gasteiger partial charge in [0.05, 0.1) is 6.10 Å². The first-order valence-electron chi connectivity index (χ1n) is 3.80. The van der Waals surface area contributed by atoms with Gasteiger partial charge in [-0.2, -0.15) is 25.3 Å². The van der Waals surface area contributed by atoms with Gasteiger partial charge in [0, 0.05) is 11.0 Å². The van der Waals surface area contributed by atoms with E-state index in [2.05, 4.69) is 25.3 Å². The lowest BCUT2D eigenvalue weighted by atomic mass is 9.96. The molecule has 0 saturated heterocycles. The third-order valence-electron chi connectivity index (χ3n) is 2.38. The van der Waals surface area contributed by atoms with E-state index in [1.54, 1.807) is 0 Å². The average molecular weight is 194 g/mol. The molecule has 1 rings (SSSR count). The van der Waals surface area contributed by atoms with Crippen LogP contribution in [0.5, 0.6) is 0 Å². The highest BCUT2D eigenvalue weighted by molar-refractivity contribution is 7.81. The second kappa shape index (κ2) is 3.56. The van der Waals surface area contributed by atoms with Gasteiger partial charge in [-0.3, -0.25) is 0 Å². The summed E-state index contributed by atoms with van der Waals surface area (Å²) in [6.45, 7) is 0. The normalized spacial score (nSPS) is 40.9. The van der Waals surface area contributed by atoms with Crippen molar-refractivity contribution < 1.29 is 10.2 Å². The van der Waals surface area contributed by atoms with Crippen molar-refractivity contribution in [3.8, 4) is 0 Å². The molecule has 3 atom stereocenters. The summed E-state index contributed by atoms with van der Waals surface area (Å²) in [4.78, 5) is 0. The molecule has 0 heterocycles. The molecule has 0 aromatic carbocycles. The first-order chi connectivity index (χ1) is 5.11. The molecule has 0 aliphatic heterocycles. The Morgan fingerprint density at radius 1 is 1.64 bits per heavy atom. The molecule has 1 aliphatic carbocycles. The van der Waals surface area contributed by atoms with Crippen LogP contribution in [0.1, 0.15) is 19.3 Å². The Morgan fingerprint density at radius 2 is 2.27 bits per heavy atom. The summed E-state index contributed by atoms with van der Waals surface area (Å²) in [5.41, 5.74) is -0.995. The molecule has 1 saturated carbocycles. The maximum atomic E-state index is 9.85. The van der Waals surface area contributed by atoms with Gasteiger partial charge in [0.15, 0.2) is 0 Å². The lowest BCUT2D eigenvalue weighted by Crippen LogP contribution is -2.47. The van der Waals surface area contributed by atoms with Crippen molar-refractivity contribution in [1.82, 2.24) is 0 Å². The minimum atomic E-state index is -0.995. The van der Waals surface area contributed by atoms with E-state index < -0.39 is 11.7 Å². The summed E-state index contributed by atoms with van der Waals surface area (Å²) < 4.78 is 0. The molecule has 2 N–H and O–H groups in total. The molecule has 0 aromatic heterocycles. The van der Waals surface area contributed by atoms with E-state index >= 15 is 0 Å². The first kappa shape index (κ1) is 9.71. The number of hydrogen-bond acceptors (Lipinski definition) is 4. The minimum Gasteiger partial charge on any atom is -0.389 e. The fourth-order valence-corrected chi connectivity index (χ4v) is 2.34. The fraction of sp³-hybridized carbons (Fsp3) is 1.00. The maximum absolute atomic E-state index is 9.85. The van der Waals surface area contributed by atoms with Crippen LogP contribution in [0, 0.1) is 0 Å². The molecule has 1 fully saturated rings. The van der Waals surface area contributed by atoms with E-state index in [4.69, 9.17) is 0 Å². The number of thiol groups is 2. The standard InChI is InChI=1S/C7H14O2S2/c8-5(4-10)7(9)3-1-2-6(7)11/h5-6,8-11H,1-4H2. The SMILES string of the molecule is OC(CS)C1(O)CCCC1S. The zero-order valence-corrected chi connectivity index (χ0v) is 8.06. The molecule has 0 spiro atoms. The van der Waals surface area contributed by atoms with Crippen LogP contribution in [-0.4, -0.2) is 32.9 Å². The topological polar surface area (TPSA) is 40.5 Å². The molecular formula is C7H14O2S2. The lowest BCUT2D eigenvalue weighted by Gasteiger charge is -2.31. The maximum Gasteiger partial charge on any atom is 0.103 e. The van der Waals surface area contributed by atoms with E-state index in [9.17, 15) is 10.2 Å². The van der Waals surface area contributed by atoms with Crippen LogP contribution in [0.15, 0.2) is 0 Å². The minimum absolute atomic E-state index is 0.0929. The van der Waals surface area contributed by atoms with Crippen molar-refractivity contribution >= 4 is 25.3 Å². The smallest absolute Gasteiger partial charge is 0.103 e. The largest absolute Gasteiger partial charge is 0.389 e. The molecule has 0 aromatic rings. The van der Waals surface area contributed by atoms with Gasteiger partial charge in [0.1, 0.15) is 5.60 Å². The Balaban J connectivity index is 2.64. The van der Waals surface area contributed by atoms with Gasteiger partial charge in [0.25, 0.3) is 0 Å². The Morgan fingerprint density at radius 3 is 2.64 bits per heavy atom. The van der Waals surface area contributed by atoms with E-state index in [1.165, 1.54) is 0 Å². The summed E-state index contributed by atoms with van der Waals surface area (Å²) in [5, 5.41) is 19.2. The zero-order valence-electron chi connectivity index (χ0n) is 6.27. The third kappa shape index (κ3) is 1.69. The molecule has 0 radical (unpaired) electrons. The van der Waals surface area contributed by atoms with Gasteiger partial charge >= 0.3 is 0 Å². The molecule has 0 bridgehead atoms. The van der Waals surface area contributed by atoms with Crippen molar-refractivity contribution in [2.45, 2.75) is 36.2 Å². The van der Waals surface area contributed by atoms with Crippen molar-refractivity contribution in [3.63, 3.8) is 0 Å². The summed E-state index contributed by atoms with van der Waals surface area (Å²) in [7, 11) is 0. The molecule has 11 heavy (non-hydrogen) atoms. The Bertz CT molecular complexity index is 142. The fourth-order valence-electron chi connectivity index (χ4n) is 1.54. The van der Waals surface area contributed by atoms with Gasteiger partial charge < -0.3 is 10.2 Å². The van der Waals surface area contributed by atoms with E-state index in [0.29, 0.717) is 12.2 Å². The molecule has 2 nitrogen and oxygen atoms in total. The summed E-state index contributed by atoms with van der Waals surface area (Å²) in [6.07, 6.45) is 1.72. The highest BCUT2D eigenvalue weighted by atomic mass is 32.1. The second-order valence-corrected chi connectivity index (χ2v) is 4.09. The van der Waals surface area contributed by atoms with E-state index in [-0.39, 0.29) is 5.25 Å². The summed E-state index contributed by atoms with van der Waals surface area (Å²) >= 11 is 8.16. The predicted molar refractivity (Wildman–Crippen MR) is 51.4 cm³/mol. The van der Waals surface area contributed by atoms with Crippen LogP contribution in [-0.2, 0) is 0 Å². The Labute approximate surface area is 77.8 Å². The molecule has 1 aliphatic rings. The predicted octanol–water partition coefficient (Wildman–Crippen LogP) is 0.490. The molecule has 0 amide bonds. The number of rotatable bonds is 2. The van der Waals surface area contributed by atoms with Gasteiger partial charge in [0.2, 0.25) is 0 Å². The lowest BCUT2D eigenvalue weighted by molar-refractivity contribution is -0.0534. The van der Waals surface area contributed by atoms with Gasteiger partial charge in [-0.05, 0) is 19.3 Å². The molecular weight excluding hydrogens is 180 g/mol. The summed E-state index contributed by atoms with van der Waals surface area (Å²) in [5.74, 6) is 0.299. The zero-order chi connectivity index (χ0) is 8.48. The van der Waals surface area contributed by atoms with Crippen LogP contribution in [0.3, 0.4) is 0 Å². The van der Waals surface area contributed by atoms with Crippen molar-refractivity contribution in [2.75, 3.05) is 5.75 Å². The molecule has 4 heteroatoms. The molecule has 66 valence electrons. The van der Waals surface area contributed by atoms with E-state index in [1.807, 2.05) is 0 Å². The highest BCUT2D eigenvalue weighted by Crippen LogP contribution is 2.36. The summed E-state index contributed by atoms with van der Waals surface area (Å²) in [6, 6.07) is 0. The van der Waals surface area contributed by atoms with Crippen LogP contribution in [0.4, 0.5) is 0 Å². The third-order valence-corrected chi connectivity index (χ3v) is 3.43. The van der Waals surface area contributed by atoms with Crippen molar-refractivity contribution in [3.05, 3.63) is 0 Å². The average Bonchev–Trinajstić information content (AvgIpc) is 2.32. The van der Waals surface area contributed by atoms with Crippen molar-refractivity contribution in [2.24, 2.45) is 0 Å². The second-order valence-electron chi connectivity index (χ2n) is 3.10. The van der Waals surface area contributed by atoms with Crippen molar-refractivity contribution in [1.29, 1.82) is 0 Å². The first-order valence-corrected chi connectivity index (χ1v) is 4.95. The van der Waals surface area contributed by atoms with Crippen LogP contribution in [0.2, 0.25) is 0 Å². The monoisotopic (exact) mass is 194 g/mol. The number of aliphatic hydroxyl groups is 2. The number of aliphatic hydroxyl groups excluding tert-OH is 1. The van der Waals surface area contributed by atoms with Gasteiger partial charge in [-0.25, -0.2) is 0 Å². The quantitative estimate of drug-likeness (QED) is 0.483. The van der Waals surface area contributed by atoms with Gasteiger partial charge in [-0.15, -0.1) is 0 Å². The van der Waals surface area contributed by atoms with Gasteiger partial charge in [-0.1, -0.05) is 0 Å². The van der Waals surface area contributed by atoms with Crippen LogP contribution >= 0.6 is 25.3 Å². The highest BCUT2D eigenvalue weighted by Gasteiger charge is 2.44. The van der Waals surface area contributed by atoms with Crippen LogP contribution < -0.4 is 0 Å².